The van der Waals surface area contributed by atoms with Gasteiger partial charge in [-0.3, -0.25) is 4.79 Å². The third kappa shape index (κ3) is 7.39. The smallest absolute Gasteiger partial charge is 0.314 e. The molecule has 0 aliphatic heterocycles. The van der Waals surface area contributed by atoms with E-state index >= 15 is 0 Å². The maximum Gasteiger partial charge on any atom is 0.314 e. The quantitative estimate of drug-likeness (QED) is 0.638. The summed E-state index contributed by atoms with van der Waals surface area (Å²) in [5.74, 6) is 0.0931. The molecule has 14 heavy (non-hydrogen) atoms. The highest BCUT2D eigenvalue weighted by atomic mass is 16.5. The molecule has 82 valence electrons. The van der Waals surface area contributed by atoms with Crippen LogP contribution in [0.3, 0.4) is 0 Å². The first-order chi connectivity index (χ1) is 6.56. The van der Waals surface area contributed by atoms with Crippen LogP contribution in [0.5, 0.6) is 0 Å². The Balaban J connectivity index is 3.40. The Morgan fingerprint density at radius 3 is 2.43 bits per heavy atom. The van der Waals surface area contributed by atoms with Gasteiger partial charge in [-0.2, -0.15) is 0 Å². The lowest BCUT2D eigenvalue weighted by Crippen LogP contribution is -2.38. The molecular weight excluding hydrogens is 184 g/mol. The van der Waals surface area contributed by atoms with Crippen molar-refractivity contribution >= 4 is 12.0 Å². The van der Waals surface area contributed by atoms with Gasteiger partial charge in [-0.15, -0.1) is 0 Å². The van der Waals surface area contributed by atoms with Crippen LogP contribution in [0.15, 0.2) is 0 Å². The first-order valence-corrected chi connectivity index (χ1v) is 4.64. The molecule has 0 heterocycles. The molecule has 0 saturated carbocycles. The first-order valence-electron chi connectivity index (χ1n) is 4.64. The van der Waals surface area contributed by atoms with Crippen molar-refractivity contribution in [2.24, 2.45) is 5.92 Å². The molecule has 0 bridgehead atoms. The molecule has 0 aromatic rings. The molecule has 0 aliphatic carbocycles. The summed E-state index contributed by atoms with van der Waals surface area (Å²) in [4.78, 5) is 21.7. The van der Waals surface area contributed by atoms with Crippen molar-refractivity contribution in [3.63, 3.8) is 0 Å². The van der Waals surface area contributed by atoms with Crippen molar-refractivity contribution in [2.75, 3.05) is 20.2 Å². The van der Waals surface area contributed by atoms with E-state index in [-0.39, 0.29) is 18.4 Å². The number of urea groups is 1. The largest absolute Gasteiger partial charge is 0.469 e. The van der Waals surface area contributed by atoms with E-state index in [1.807, 2.05) is 13.8 Å². The molecule has 0 fully saturated rings. The number of carbonyl (C=O) groups is 2. The fourth-order valence-corrected chi connectivity index (χ4v) is 0.739. The average Bonchev–Trinajstić information content (AvgIpc) is 2.14. The number of hydrogen-bond acceptors (Lipinski definition) is 3. The lowest BCUT2D eigenvalue weighted by Gasteiger charge is -2.08. The van der Waals surface area contributed by atoms with Gasteiger partial charge >= 0.3 is 12.0 Å². The summed E-state index contributed by atoms with van der Waals surface area (Å²) in [6.07, 6.45) is 0.200. The van der Waals surface area contributed by atoms with Crippen LogP contribution >= 0.6 is 0 Å². The first kappa shape index (κ1) is 12.7. The Morgan fingerprint density at radius 2 is 1.93 bits per heavy atom. The van der Waals surface area contributed by atoms with Crippen LogP contribution in [-0.2, 0) is 9.53 Å². The zero-order chi connectivity index (χ0) is 11.0. The summed E-state index contributed by atoms with van der Waals surface area (Å²) >= 11 is 0. The Labute approximate surface area is 84.2 Å². The molecular formula is C9H18N2O3. The van der Waals surface area contributed by atoms with Gasteiger partial charge in [0, 0.05) is 13.1 Å². The van der Waals surface area contributed by atoms with Crippen LogP contribution in [0.25, 0.3) is 0 Å². The van der Waals surface area contributed by atoms with Crippen molar-refractivity contribution in [1.29, 1.82) is 0 Å². The van der Waals surface area contributed by atoms with Crippen LogP contribution in [-0.4, -0.2) is 32.2 Å². The molecule has 2 N–H and O–H groups in total. The molecule has 0 rings (SSSR count). The predicted octanol–water partition coefficient (Wildman–Crippen LogP) is 0.505. The number of esters is 1. The Morgan fingerprint density at radius 1 is 1.29 bits per heavy atom. The van der Waals surface area contributed by atoms with Crippen LogP contribution in [0.1, 0.15) is 20.3 Å². The number of rotatable bonds is 5. The maximum absolute atomic E-state index is 11.0. The molecule has 0 aromatic carbocycles. The highest BCUT2D eigenvalue weighted by Crippen LogP contribution is 1.86. The van der Waals surface area contributed by atoms with E-state index in [9.17, 15) is 9.59 Å². The number of nitrogens with one attached hydrogen (secondary N) is 2. The van der Waals surface area contributed by atoms with Crippen molar-refractivity contribution < 1.29 is 14.3 Å². The normalized spacial score (nSPS) is 9.71. The summed E-state index contributed by atoms with van der Waals surface area (Å²) < 4.78 is 4.42. The molecule has 0 spiro atoms. The molecule has 0 aromatic heterocycles. The van der Waals surface area contributed by atoms with E-state index in [1.165, 1.54) is 7.11 Å². The van der Waals surface area contributed by atoms with Gasteiger partial charge in [0.2, 0.25) is 0 Å². The van der Waals surface area contributed by atoms with E-state index in [0.717, 1.165) is 0 Å². The highest BCUT2D eigenvalue weighted by Gasteiger charge is 2.03. The summed E-state index contributed by atoms with van der Waals surface area (Å²) in [7, 11) is 1.32. The highest BCUT2D eigenvalue weighted by molar-refractivity contribution is 5.75. The minimum atomic E-state index is -0.325. The van der Waals surface area contributed by atoms with Crippen molar-refractivity contribution in [2.45, 2.75) is 20.3 Å². The number of carbonyl (C=O) groups excluding carboxylic acids is 2. The van der Waals surface area contributed by atoms with Gasteiger partial charge in [-0.05, 0) is 5.92 Å². The van der Waals surface area contributed by atoms with E-state index < -0.39 is 0 Å². The number of amides is 2. The van der Waals surface area contributed by atoms with E-state index in [1.54, 1.807) is 0 Å². The Hall–Kier alpha value is -1.26. The van der Waals surface area contributed by atoms with Gasteiger partial charge in [0.15, 0.2) is 0 Å². The van der Waals surface area contributed by atoms with Gasteiger partial charge in [-0.25, -0.2) is 4.79 Å². The monoisotopic (exact) mass is 202 g/mol. The third-order valence-corrected chi connectivity index (χ3v) is 1.51. The minimum Gasteiger partial charge on any atom is -0.469 e. The zero-order valence-corrected chi connectivity index (χ0v) is 8.92. The van der Waals surface area contributed by atoms with Crippen LogP contribution < -0.4 is 10.6 Å². The molecule has 0 unspecified atom stereocenters. The van der Waals surface area contributed by atoms with Gasteiger partial charge < -0.3 is 15.4 Å². The molecule has 2 amide bonds. The van der Waals surface area contributed by atoms with Gasteiger partial charge in [-0.1, -0.05) is 13.8 Å². The van der Waals surface area contributed by atoms with Crippen molar-refractivity contribution in [3.05, 3.63) is 0 Å². The zero-order valence-electron chi connectivity index (χ0n) is 8.92. The molecule has 0 aliphatic rings. The second kappa shape index (κ2) is 7.17. The van der Waals surface area contributed by atoms with Crippen molar-refractivity contribution in [3.8, 4) is 0 Å². The fraction of sp³-hybridized carbons (Fsp3) is 0.778. The summed E-state index contributed by atoms with van der Waals surface area (Å²) in [6, 6.07) is -0.248. The maximum atomic E-state index is 11.0. The summed E-state index contributed by atoms with van der Waals surface area (Å²) in [5, 5.41) is 5.22. The van der Waals surface area contributed by atoms with E-state index in [0.29, 0.717) is 19.0 Å². The van der Waals surface area contributed by atoms with Gasteiger partial charge in [0.25, 0.3) is 0 Å². The second-order valence-electron chi connectivity index (χ2n) is 3.36. The predicted molar refractivity (Wildman–Crippen MR) is 52.9 cm³/mol. The van der Waals surface area contributed by atoms with Gasteiger partial charge in [0.1, 0.15) is 0 Å². The Bertz CT molecular complexity index is 192. The van der Waals surface area contributed by atoms with E-state index in [2.05, 4.69) is 15.4 Å². The molecule has 5 nitrogen and oxygen atoms in total. The van der Waals surface area contributed by atoms with Crippen LogP contribution in [0, 0.1) is 5.92 Å². The summed E-state index contributed by atoms with van der Waals surface area (Å²) in [5.41, 5.74) is 0. The number of methoxy groups -OCH3 is 1. The minimum absolute atomic E-state index is 0.200. The third-order valence-electron chi connectivity index (χ3n) is 1.51. The molecule has 5 heteroatoms. The van der Waals surface area contributed by atoms with Gasteiger partial charge in [0.05, 0.1) is 13.5 Å². The van der Waals surface area contributed by atoms with Crippen LogP contribution in [0.4, 0.5) is 4.79 Å². The lowest BCUT2D eigenvalue weighted by molar-refractivity contribution is -0.140. The number of ether oxygens (including phenoxy) is 1. The molecule has 0 atom stereocenters. The second-order valence-corrected chi connectivity index (χ2v) is 3.36. The molecule has 0 radical (unpaired) electrons. The standard InChI is InChI=1S/C9H18N2O3/c1-7(2)6-11-9(13)10-5-4-8(12)14-3/h7H,4-6H2,1-3H3,(H2,10,11,13). The van der Waals surface area contributed by atoms with E-state index in [4.69, 9.17) is 0 Å². The lowest BCUT2D eigenvalue weighted by atomic mass is 10.2. The summed E-state index contributed by atoms with van der Waals surface area (Å²) in [6.45, 7) is 4.95. The Kier molecular flexibility index (Phi) is 6.53. The number of hydrogen-bond donors (Lipinski definition) is 2. The average molecular weight is 202 g/mol. The van der Waals surface area contributed by atoms with Crippen LogP contribution in [0.2, 0.25) is 0 Å². The molecule has 0 saturated heterocycles. The fourth-order valence-electron chi connectivity index (χ4n) is 0.739. The van der Waals surface area contributed by atoms with Crippen molar-refractivity contribution in [1.82, 2.24) is 10.6 Å². The SMILES string of the molecule is COC(=O)CCNC(=O)NCC(C)C. The topological polar surface area (TPSA) is 67.4 Å².